The quantitative estimate of drug-likeness (QED) is 0.748. The first-order chi connectivity index (χ1) is 13.0. The Balaban J connectivity index is 1.68. The van der Waals surface area contributed by atoms with Gasteiger partial charge in [-0.25, -0.2) is 0 Å². The summed E-state index contributed by atoms with van der Waals surface area (Å²) in [4.78, 5) is 16.8. The summed E-state index contributed by atoms with van der Waals surface area (Å²) < 4.78 is 6.24. The molecular weight excluding hydrogens is 336 g/mol. The second-order valence-corrected chi connectivity index (χ2v) is 7.90. The Labute approximate surface area is 163 Å². The van der Waals surface area contributed by atoms with Gasteiger partial charge in [0.2, 0.25) is 0 Å². The Kier molecular flexibility index (Phi) is 6.38. The Morgan fingerprint density at radius 2 is 1.81 bits per heavy atom. The summed E-state index contributed by atoms with van der Waals surface area (Å²) >= 11 is 0. The number of amides is 1. The second-order valence-electron chi connectivity index (χ2n) is 7.90. The Morgan fingerprint density at radius 3 is 2.48 bits per heavy atom. The van der Waals surface area contributed by atoms with Crippen LogP contribution in [0.1, 0.15) is 50.4 Å². The van der Waals surface area contributed by atoms with Crippen molar-refractivity contribution in [2.24, 2.45) is 0 Å². The molecule has 2 aromatic rings. The molecule has 0 bridgehead atoms. The van der Waals surface area contributed by atoms with Crippen molar-refractivity contribution in [2.75, 3.05) is 26.7 Å². The molecule has 0 radical (unpaired) electrons. The Bertz CT molecular complexity index is 779. The number of rotatable bonds is 6. The minimum absolute atomic E-state index is 0.0796. The van der Waals surface area contributed by atoms with Gasteiger partial charge in [0.1, 0.15) is 11.9 Å². The third-order valence-corrected chi connectivity index (χ3v) is 5.47. The van der Waals surface area contributed by atoms with Crippen molar-refractivity contribution in [2.45, 2.75) is 52.2 Å². The smallest absolute Gasteiger partial charge is 0.253 e. The molecule has 0 aromatic heterocycles. The lowest BCUT2D eigenvalue weighted by Crippen LogP contribution is -2.41. The zero-order chi connectivity index (χ0) is 19.4. The van der Waals surface area contributed by atoms with E-state index in [2.05, 4.69) is 37.8 Å². The molecule has 3 rings (SSSR count). The van der Waals surface area contributed by atoms with E-state index < -0.39 is 0 Å². The van der Waals surface area contributed by atoms with Gasteiger partial charge in [0.05, 0.1) is 0 Å². The van der Waals surface area contributed by atoms with E-state index >= 15 is 0 Å². The molecule has 0 saturated carbocycles. The highest BCUT2D eigenvalue weighted by Gasteiger charge is 2.22. The molecule has 1 amide bonds. The highest BCUT2D eigenvalue weighted by molar-refractivity contribution is 5.98. The van der Waals surface area contributed by atoms with Crippen molar-refractivity contribution in [1.29, 1.82) is 0 Å². The minimum atomic E-state index is 0.0796. The highest BCUT2D eigenvalue weighted by atomic mass is 16.5. The predicted octanol–water partition coefficient (Wildman–Crippen LogP) is 4.57. The van der Waals surface area contributed by atoms with E-state index in [9.17, 15) is 4.79 Å². The van der Waals surface area contributed by atoms with Crippen LogP contribution in [0.15, 0.2) is 36.4 Å². The van der Waals surface area contributed by atoms with Gasteiger partial charge in [0.25, 0.3) is 5.91 Å². The van der Waals surface area contributed by atoms with E-state index in [0.717, 1.165) is 61.0 Å². The summed E-state index contributed by atoms with van der Waals surface area (Å²) in [5.41, 5.74) is 0.744. The molecule has 146 valence electrons. The maximum absolute atomic E-state index is 12.5. The minimum Gasteiger partial charge on any atom is -0.490 e. The van der Waals surface area contributed by atoms with Gasteiger partial charge in [-0.15, -0.1) is 0 Å². The van der Waals surface area contributed by atoms with Crippen LogP contribution in [-0.2, 0) is 0 Å². The van der Waals surface area contributed by atoms with Gasteiger partial charge >= 0.3 is 0 Å². The number of piperidine rings is 1. The van der Waals surface area contributed by atoms with Gasteiger partial charge in [-0.2, -0.15) is 0 Å². The molecule has 2 aromatic carbocycles. The number of nitrogens with zero attached hydrogens (tertiary/aromatic N) is 2. The SMILES string of the molecule is CCCN(C)C(=O)c1ccc2cc(OC3CCN(C(C)C)CC3)ccc2c1. The van der Waals surface area contributed by atoms with Crippen molar-refractivity contribution in [3.8, 4) is 5.75 Å². The zero-order valence-corrected chi connectivity index (χ0v) is 17.1. The van der Waals surface area contributed by atoms with E-state index in [1.807, 2.05) is 31.3 Å². The molecule has 1 aliphatic rings. The van der Waals surface area contributed by atoms with Crippen LogP contribution in [0.2, 0.25) is 0 Å². The predicted molar refractivity (Wildman–Crippen MR) is 112 cm³/mol. The average molecular weight is 369 g/mol. The summed E-state index contributed by atoms with van der Waals surface area (Å²) in [7, 11) is 1.86. The van der Waals surface area contributed by atoms with Gasteiger partial charge in [0.15, 0.2) is 0 Å². The van der Waals surface area contributed by atoms with E-state index in [0.29, 0.717) is 12.1 Å². The standard InChI is InChI=1S/C23H32N2O2/c1-5-12-24(4)23(26)20-7-6-19-16-22(9-8-18(19)15-20)27-21-10-13-25(14-11-21)17(2)3/h6-9,15-17,21H,5,10-14H2,1-4H3. The number of likely N-dealkylation sites (tertiary alicyclic amines) is 1. The summed E-state index contributed by atoms with van der Waals surface area (Å²) in [6.45, 7) is 9.57. The third-order valence-electron chi connectivity index (χ3n) is 5.47. The molecule has 27 heavy (non-hydrogen) atoms. The number of hydrogen-bond acceptors (Lipinski definition) is 3. The lowest BCUT2D eigenvalue weighted by Gasteiger charge is -2.34. The molecular formula is C23H32N2O2. The van der Waals surface area contributed by atoms with Gasteiger partial charge in [-0.1, -0.05) is 19.1 Å². The number of hydrogen-bond donors (Lipinski definition) is 0. The number of benzene rings is 2. The first kappa shape index (κ1) is 19.7. The van der Waals surface area contributed by atoms with Crippen LogP contribution in [-0.4, -0.2) is 54.5 Å². The average Bonchev–Trinajstić information content (AvgIpc) is 2.67. The molecule has 0 spiro atoms. The van der Waals surface area contributed by atoms with E-state index in [1.54, 1.807) is 4.90 Å². The number of ether oxygens (including phenoxy) is 1. The topological polar surface area (TPSA) is 32.8 Å². The van der Waals surface area contributed by atoms with E-state index in [1.165, 1.54) is 0 Å². The molecule has 0 aliphatic carbocycles. The maximum Gasteiger partial charge on any atom is 0.253 e. The molecule has 1 heterocycles. The van der Waals surface area contributed by atoms with Gasteiger partial charge in [0, 0.05) is 38.3 Å². The fraction of sp³-hybridized carbons (Fsp3) is 0.522. The van der Waals surface area contributed by atoms with Crippen LogP contribution in [0.25, 0.3) is 10.8 Å². The molecule has 0 unspecified atom stereocenters. The van der Waals surface area contributed by atoms with Crippen molar-refractivity contribution in [1.82, 2.24) is 9.80 Å². The van der Waals surface area contributed by atoms with E-state index in [4.69, 9.17) is 4.74 Å². The lowest BCUT2D eigenvalue weighted by molar-refractivity contribution is 0.0795. The number of carbonyl (C=O) groups is 1. The van der Waals surface area contributed by atoms with Crippen LogP contribution in [0.4, 0.5) is 0 Å². The van der Waals surface area contributed by atoms with Crippen molar-refractivity contribution in [3.63, 3.8) is 0 Å². The summed E-state index contributed by atoms with van der Waals surface area (Å²) in [6, 6.07) is 12.7. The van der Waals surface area contributed by atoms with Crippen LogP contribution >= 0.6 is 0 Å². The normalized spacial score (nSPS) is 16.0. The number of fused-ring (bicyclic) bond motifs is 1. The Morgan fingerprint density at radius 1 is 1.15 bits per heavy atom. The molecule has 1 aliphatic heterocycles. The summed E-state index contributed by atoms with van der Waals surface area (Å²) in [5.74, 6) is 1.00. The fourth-order valence-electron chi connectivity index (χ4n) is 3.79. The second kappa shape index (κ2) is 8.75. The molecule has 0 atom stereocenters. The van der Waals surface area contributed by atoms with Crippen molar-refractivity contribution < 1.29 is 9.53 Å². The zero-order valence-electron chi connectivity index (χ0n) is 17.1. The first-order valence-corrected chi connectivity index (χ1v) is 10.2. The maximum atomic E-state index is 12.5. The monoisotopic (exact) mass is 368 g/mol. The first-order valence-electron chi connectivity index (χ1n) is 10.2. The van der Waals surface area contributed by atoms with Crippen LogP contribution in [0, 0.1) is 0 Å². The Hall–Kier alpha value is -2.07. The third kappa shape index (κ3) is 4.81. The molecule has 1 fully saturated rings. The van der Waals surface area contributed by atoms with Gasteiger partial charge < -0.3 is 14.5 Å². The fourth-order valence-corrected chi connectivity index (χ4v) is 3.79. The van der Waals surface area contributed by atoms with Gasteiger partial charge in [-0.3, -0.25) is 4.79 Å². The summed E-state index contributed by atoms with van der Waals surface area (Å²) in [6.07, 6.45) is 3.41. The molecule has 1 saturated heterocycles. The molecule has 0 N–H and O–H groups in total. The molecule has 4 nitrogen and oxygen atoms in total. The highest BCUT2D eigenvalue weighted by Crippen LogP contribution is 2.25. The van der Waals surface area contributed by atoms with Crippen LogP contribution in [0.3, 0.4) is 0 Å². The molecule has 4 heteroatoms. The van der Waals surface area contributed by atoms with Crippen molar-refractivity contribution >= 4 is 16.7 Å². The largest absolute Gasteiger partial charge is 0.490 e. The van der Waals surface area contributed by atoms with E-state index in [-0.39, 0.29) is 5.91 Å². The number of carbonyl (C=O) groups excluding carboxylic acids is 1. The van der Waals surface area contributed by atoms with Gasteiger partial charge in [-0.05, 0) is 68.1 Å². The van der Waals surface area contributed by atoms with Crippen LogP contribution < -0.4 is 4.74 Å². The van der Waals surface area contributed by atoms with Crippen molar-refractivity contribution in [3.05, 3.63) is 42.0 Å². The van der Waals surface area contributed by atoms with Crippen LogP contribution in [0.5, 0.6) is 5.75 Å². The summed E-state index contributed by atoms with van der Waals surface area (Å²) in [5, 5.41) is 2.19. The lowest BCUT2D eigenvalue weighted by atomic mass is 10.0.